The first-order chi connectivity index (χ1) is 9.11. The molecule has 1 heterocycles. The number of ether oxygens (including phenoxy) is 1. The average molecular weight is 289 g/mol. The molecule has 1 aliphatic heterocycles. The van der Waals surface area contributed by atoms with E-state index in [1.807, 2.05) is 11.8 Å². The summed E-state index contributed by atoms with van der Waals surface area (Å²) in [7, 11) is 2.22. The maximum atomic E-state index is 5.90. The molecule has 0 saturated carbocycles. The lowest BCUT2D eigenvalue weighted by atomic mass is 10.1. The lowest BCUT2D eigenvalue weighted by Gasteiger charge is -2.33. The summed E-state index contributed by atoms with van der Waals surface area (Å²) in [5.74, 6) is 2.03. The summed E-state index contributed by atoms with van der Waals surface area (Å²) in [5.41, 5.74) is 0. The highest BCUT2D eigenvalue weighted by Crippen LogP contribution is 2.11. The van der Waals surface area contributed by atoms with Crippen LogP contribution in [0.5, 0.6) is 0 Å². The summed E-state index contributed by atoms with van der Waals surface area (Å²) >= 11 is 1.95. The smallest absolute Gasteiger partial charge is 0.0714 e. The van der Waals surface area contributed by atoms with Gasteiger partial charge in [-0.3, -0.25) is 4.90 Å². The van der Waals surface area contributed by atoms with Crippen LogP contribution in [0, 0.1) is 5.92 Å². The van der Waals surface area contributed by atoms with Gasteiger partial charge in [-0.25, -0.2) is 0 Å². The zero-order valence-corrected chi connectivity index (χ0v) is 14.0. The molecule has 1 rings (SSSR count). The van der Waals surface area contributed by atoms with E-state index < -0.39 is 0 Å². The fraction of sp³-hybridized carbons (Fsp3) is 1.00. The third kappa shape index (κ3) is 8.18. The van der Waals surface area contributed by atoms with Gasteiger partial charge in [0.25, 0.3) is 0 Å². The van der Waals surface area contributed by atoms with E-state index in [1.54, 1.807) is 0 Å². The molecule has 19 heavy (non-hydrogen) atoms. The molecule has 0 aromatic carbocycles. The minimum absolute atomic E-state index is 0.442. The highest BCUT2D eigenvalue weighted by atomic mass is 32.2. The molecule has 0 aromatic heterocycles. The topological polar surface area (TPSA) is 15.7 Å². The van der Waals surface area contributed by atoms with Gasteiger partial charge >= 0.3 is 0 Å². The van der Waals surface area contributed by atoms with E-state index in [1.165, 1.54) is 31.7 Å². The standard InChI is InChI=1S/C15H32N2OS/c1-14(2)12-16(3)8-6-15-13-17(9-10-18-15)7-5-11-19-4/h14-15H,5-13H2,1-4H3/t15-/m0/s1. The van der Waals surface area contributed by atoms with Gasteiger partial charge in [-0.2, -0.15) is 11.8 Å². The van der Waals surface area contributed by atoms with Crippen LogP contribution in [-0.4, -0.2) is 74.3 Å². The van der Waals surface area contributed by atoms with Crippen molar-refractivity contribution in [3.63, 3.8) is 0 Å². The Bertz CT molecular complexity index is 226. The minimum Gasteiger partial charge on any atom is -0.376 e. The van der Waals surface area contributed by atoms with Gasteiger partial charge in [-0.15, -0.1) is 0 Å². The third-order valence-corrected chi connectivity index (χ3v) is 4.25. The second-order valence-electron chi connectivity index (χ2n) is 6.08. The molecule has 1 fully saturated rings. The summed E-state index contributed by atoms with van der Waals surface area (Å²) in [6, 6.07) is 0. The van der Waals surface area contributed by atoms with Crippen LogP contribution in [0.3, 0.4) is 0 Å². The molecule has 0 bridgehead atoms. The molecule has 4 heteroatoms. The van der Waals surface area contributed by atoms with Crippen LogP contribution in [-0.2, 0) is 4.74 Å². The summed E-state index contributed by atoms with van der Waals surface area (Å²) in [4.78, 5) is 5.01. The van der Waals surface area contributed by atoms with Crippen molar-refractivity contribution in [3.8, 4) is 0 Å². The largest absolute Gasteiger partial charge is 0.376 e. The van der Waals surface area contributed by atoms with Gasteiger partial charge in [0.2, 0.25) is 0 Å². The average Bonchev–Trinajstić information content (AvgIpc) is 2.36. The Morgan fingerprint density at radius 2 is 2.21 bits per heavy atom. The highest BCUT2D eigenvalue weighted by molar-refractivity contribution is 7.98. The molecule has 0 radical (unpaired) electrons. The lowest BCUT2D eigenvalue weighted by molar-refractivity contribution is -0.0348. The van der Waals surface area contributed by atoms with Crippen LogP contribution in [0.1, 0.15) is 26.7 Å². The second kappa shape index (κ2) is 10.0. The maximum Gasteiger partial charge on any atom is 0.0714 e. The molecule has 0 amide bonds. The molecule has 114 valence electrons. The van der Waals surface area contributed by atoms with Crippen LogP contribution in [0.15, 0.2) is 0 Å². The summed E-state index contributed by atoms with van der Waals surface area (Å²) in [6.45, 7) is 11.3. The molecule has 1 atom stereocenters. The normalized spacial score (nSPS) is 21.5. The number of morpholine rings is 1. The number of rotatable bonds is 9. The number of thioether (sulfide) groups is 1. The summed E-state index contributed by atoms with van der Waals surface area (Å²) in [5, 5.41) is 0. The Morgan fingerprint density at radius 1 is 1.42 bits per heavy atom. The van der Waals surface area contributed by atoms with E-state index in [2.05, 4.69) is 37.0 Å². The van der Waals surface area contributed by atoms with Crippen molar-refractivity contribution in [3.05, 3.63) is 0 Å². The van der Waals surface area contributed by atoms with Gasteiger partial charge in [-0.05, 0) is 44.4 Å². The molecule has 1 saturated heterocycles. The Hall–Kier alpha value is 0.230. The van der Waals surface area contributed by atoms with Crippen LogP contribution in [0.25, 0.3) is 0 Å². The zero-order valence-electron chi connectivity index (χ0n) is 13.2. The van der Waals surface area contributed by atoms with Gasteiger partial charge in [0.15, 0.2) is 0 Å². The van der Waals surface area contributed by atoms with E-state index in [4.69, 9.17) is 4.74 Å². The van der Waals surface area contributed by atoms with E-state index in [9.17, 15) is 0 Å². The number of nitrogens with zero attached hydrogens (tertiary/aromatic N) is 2. The first kappa shape index (κ1) is 17.3. The van der Waals surface area contributed by atoms with Crippen molar-refractivity contribution in [1.82, 2.24) is 9.80 Å². The molecule has 3 nitrogen and oxygen atoms in total. The van der Waals surface area contributed by atoms with Crippen molar-refractivity contribution < 1.29 is 4.74 Å². The SMILES string of the molecule is CSCCCN1CCO[C@@H](CCN(C)CC(C)C)C1. The van der Waals surface area contributed by atoms with E-state index >= 15 is 0 Å². The van der Waals surface area contributed by atoms with Crippen LogP contribution >= 0.6 is 11.8 Å². The van der Waals surface area contributed by atoms with Crippen LogP contribution in [0.2, 0.25) is 0 Å². The summed E-state index contributed by atoms with van der Waals surface area (Å²) < 4.78 is 5.90. The van der Waals surface area contributed by atoms with Gasteiger partial charge in [0, 0.05) is 26.2 Å². The van der Waals surface area contributed by atoms with Crippen molar-refractivity contribution in [2.75, 3.05) is 58.4 Å². The van der Waals surface area contributed by atoms with Crippen LogP contribution < -0.4 is 0 Å². The molecule has 1 aliphatic rings. The predicted molar refractivity (Wildman–Crippen MR) is 86.1 cm³/mol. The quantitative estimate of drug-likeness (QED) is 0.605. The van der Waals surface area contributed by atoms with Crippen LogP contribution in [0.4, 0.5) is 0 Å². The Balaban J connectivity index is 2.15. The van der Waals surface area contributed by atoms with Gasteiger partial charge < -0.3 is 9.64 Å². The molecular weight excluding hydrogens is 256 g/mol. The first-order valence-corrected chi connectivity index (χ1v) is 9.02. The lowest BCUT2D eigenvalue weighted by Crippen LogP contribution is -2.44. The Kier molecular flexibility index (Phi) is 9.12. The van der Waals surface area contributed by atoms with E-state index in [-0.39, 0.29) is 0 Å². The van der Waals surface area contributed by atoms with Crippen molar-refractivity contribution >= 4 is 11.8 Å². The van der Waals surface area contributed by atoms with Gasteiger partial charge in [0.1, 0.15) is 0 Å². The Morgan fingerprint density at radius 3 is 2.89 bits per heavy atom. The molecule has 0 spiro atoms. The minimum atomic E-state index is 0.442. The predicted octanol–water partition coefficient (Wildman–Crippen LogP) is 2.42. The number of hydrogen-bond donors (Lipinski definition) is 0. The van der Waals surface area contributed by atoms with Crippen molar-refractivity contribution in [2.24, 2.45) is 5.92 Å². The first-order valence-electron chi connectivity index (χ1n) is 7.63. The molecule has 0 aliphatic carbocycles. The molecule has 0 unspecified atom stereocenters. The monoisotopic (exact) mass is 288 g/mol. The van der Waals surface area contributed by atoms with E-state index in [0.717, 1.165) is 32.2 Å². The van der Waals surface area contributed by atoms with Gasteiger partial charge in [0.05, 0.1) is 12.7 Å². The maximum absolute atomic E-state index is 5.90. The number of hydrogen-bond acceptors (Lipinski definition) is 4. The second-order valence-corrected chi connectivity index (χ2v) is 7.07. The summed E-state index contributed by atoms with van der Waals surface area (Å²) in [6.07, 6.45) is 5.11. The molecule has 0 aromatic rings. The fourth-order valence-corrected chi connectivity index (χ4v) is 3.09. The molecule has 0 N–H and O–H groups in total. The van der Waals surface area contributed by atoms with E-state index in [0.29, 0.717) is 6.10 Å². The van der Waals surface area contributed by atoms with Crippen molar-refractivity contribution in [1.29, 1.82) is 0 Å². The Labute approximate surface area is 124 Å². The third-order valence-electron chi connectivity index (χ3n) is 3.56. The zero-order chi connectivity index (χ0) is 14.1. The van der Waals surface area contributed by atoms with Crippen molar-refractivity contribution in [2.45, 2.75) is 32.8 Å². The highest BCUT2D eigenvalue weighted by Gasteiger charge is 2.20. The molecular formula is C15H32N2OS. The van der Waals surface area contributed by atoms with Gasteiger partial charge in [-0.1, -0.05) is 13.8 Å². The fourth-order valence-electron chi connectivity index (χ4n) is 2.67.